The Morgan fingerprint density at radius 2 is 2.14 bits per heavy atom. The summed E-state index contributed by atoms with van der Waals surface area (Å²) in [4.78, 5) is 19.9. The SMILES string of the molecule is COc1ncnc(NCC2(C(=O)O)CCC(C)CC2)c1C. The highest BCUT2D eigenvalue weighted by Crippen LogP contribution is 2.39. The minimum absolute atomic E-state index is 0.385. The molecule has 6 heteroatoms. The van der Waals surface area contributed by atoms with Gasteiger partial charge in [0.15, 0.2) is 0 Å². The predicted octanol–water partition coefficient (Wildman–Crippen LogP) is 2.49. The van der Waals surface area contributed by atoms with Crippen molar-refractivity contribution in [2.45, 2.75) is 39.5 Å². The van der Waals surface area contributed by atoms with Crippen LogP contribution in [-0.4, -0.2) is 34.7 Å². The maximum Gasteiger partial charge on any atom is 0.311 e. The van der Waals surface area contributed by atoms with Crippen molar-refractivity contribution in [3.63, 3.8) is 0 Å². The predicted molar refractivity (Wildman–Crippen MR) is 79.5 cm³/mol. The lowest BCUT2D eigenvalue weighted by Crippen LogP contribution is -2.41. The molecule has 1 aromatic rings. The molecule has 1 saturated carbocycles. The number of rotatable bonds is 5. The minimum atomic E-state index is -0.722. The van der Waals surface area contributed by atoms with Crippen LogP contribution in [-0.2, 0) is 4.79 Å². The Morgan fingerprint density at radius 3 is 2.71 bits per heavy atom. The van der Waals surface area contributed by atoms with Crippen LogP contribution in [0.1, 0.15) is 38.2 Å². The Morgan fingerprint density at radius 1 is 1.48 bits per heavy atom. The second-order valence-electron chi connectivity index (χ2n) is 5.98. The van der Waals surface area contributed by atoms with Crippen LogP contribution in [0.5, 0.6) is 5.88 Å². The molecule has 0 amide bonds. The van der Waals surface area contributed by atoms with Gasteiger partial charge < -0.3 is 15.2 Å². The maximum atomic E-state index is 11.7. The molecule has 2 rings (SSSR count). The van der Waals surface area contributed by atoms with E-state index in [1.807, 2.05) is 6.92 Å². The summed E-state index contributed by atoms with van der Waals surface area (Å²) in [7, 11) is 1.56. The number of ether oxygens (including phenoxy) is 1. The van der Waals surface area contributed by atoms with Gasteiger partial charge in [-0.15, -0.1) is 0 Å². The van der Waals surface area contributed by atoms with Crippen molar-refractivity contribution in [2.75, 3.05) is 19.0 Å². The van der Waals surface area contributed by atoms with E-state index in [9.17, 15) is 9.90 Å². The highest BCUT2D eigenvalue weighted by atomic mass is 16.5. The molecule has 0 bridgehead atoms. The molecule has 2 N–H and O–H groups in total. The fraction of sp³-hybridized carbons (Fsp3) is 0.667. The van der Waals surface area contributed by atoms with Crippen molar-refractivity contribution < 1.29 is 14.6 Å². The lowest BCUT2D eigenvalue weighted by molar-refractivity contribution is -0.150. The number of hydrogen-bond acceptors (Lipinski definition) is 5. The Bertz CT molecular complexity index is 511. The Kier molecular flexibility index (Phi) is 4.65. The summed E-state index contributed by atoms with van der Waals surface area (Å²) in [6, 6.07) is 0. The monoisotopic (exact) mass is 293 g/mol. The molecule has 0 saturated heterocycles. The minimum Gasteiger partial charge on any atom is -0.481 e. The first-order valence-electron chi connectivity index (χ1n) is 7.31. The molecule has 1 heterocycles. The number of carbonyl (C=O) groups is 1. The number of nitrogens with zero attached hydrogens (tertiary/aromatic N) is 2. The fourth-order valence-corrected chi connectivity index (χ4v) is 2.85. The van der Waals surface area contributed by atoms with E-state index in [1.165, 1.54) is 6.33 Å². The van der Waals surface area contributed by atoms with Crippen molar-refractivity contribution in [1.29, 1.82) is 0 Å². The van der Waals surface area contributed by atoms with Gasteiger partial charge in [-0.25, -0.2) is 9.97 Å². The average molecular weight is 293 g/mol. The fourth-order valence-electron chi connectivity index (χ4n) is 2.85. The lowest BCUT2D eigenvalue weighted by atomic mass is 9.71. The standard InChI is InChI=1S/C15H23N3O3/c1-10-4-6-15(7-5-10,14(19)20)8-16-12-11(2)13(21-3)18-9-17-12/h9-10H,4-8H2,1-3H3,(H,19,20)(H,16,17,18). The first-order valence-corrected chi connectivity index (χ1v) is 7.31. The molecule has 0 radical (unpaired) electrons. The third-order valence-corrected chi connectivity index (χ3v) is 4.51. The molecule has 0 aromatic carbocycles. The largest absolute Gasteiger partial charge is 0.481 e. The van der Waals surface area contributed by atoms with Gasteiger partial charge in [-0.05, 0) is 38.5 Å². The van der Waals surface area contributed by atoms with Gasteiger partial charge in [0.25, 0.3) is 0 Å². The van der Waals surface area contributed by atoms with Gasteiger partial charge >= 0.3 is 5.97 Å². The highest BCUT2D eigenvalue weighted by Gasteiger charge is 2.41. The Hall–Kier alpha value is -1.85. The van der Waals surface area contributed by atoms with Gasteiger partial charge in [-0.1, -0.05) is 6.92 Å². The van der Waals surface area contributed by atoms with Crippen molar-refractivity contribution >= 4 is 11.8 Å². The third-order valence-electron chi connectivity index (χ3n) is 4.51. The molecule has 1 fully saturated rings. The van der Waals surface area contributed by atoms with Crippen LogP contribution in [0.4, 0.5) is 5.82 Å². The van der Waals surface area contributed by atoms with Gasteiger partial charge in [-0.3, -0.25) is 4.79 Å². The maximum absolute atomic E-state index is 11.7. The van der Waals surface area contributed by atoms with Gasteiger partial charge in [0.05, 0.1) is 18.1 Å². The van der Waals surface area contributed by atoms with Crippen molar-refractivity contribution in [2.24, 2.45) is 11.3 Å². The number of anilines is 1. The molecule has 0 aliphatic heterocycles. The first kappa shape index (κ1) is 15.5. The highest BCUT2D eigenvalue weighted by molar-refractivity contribution is 5.75. The summed E-state index contributed by atoms with van der Waals surface area (Å²) in [5.41, 5.74) is 0.0987. The number of aromatic nitrogens is 2. The zero-order valence-electron chi connectivity index (χ0n) is 12.8. The molecule has 6 nitrogen and oxygen atoms in total. The quantitative estimate of drug-likeness (QED) is 0.867. The number of carboxylic acids is 1. The third kappa shape index (κ3) is 3.25. The van der Waals surface area contributed by atoms with Crippen molar-refractivity contribution in [1.82, 2.24) is 9.97 Å². The van der Waals surface area contributed by atoms with Gasteiger partial charge in [0.1, 0.15) is 12.1 Å². The Balaban J connectivity index is 2.11. The molecule has 1 aromatic heterocycles. The molecule has 1 aliphatic carbocycles. The van der Waals surface area contributed by atoms with Crippen LogP contribution >= 0.6 is 0 Å². The van der Waals surface area contributed by atoms with E-state index in [2.05, 4.69) is 22.2 Å². The number of methoxy groups -OCH3 is 1. The molecule has 0 spiro atoms. The smallest absolute Gasteiger partial charge is 0.311 e. The summed E-state index contributed by atoms with van der Waals surface area (Å²) in [6.45, 7) is 4.42. The van der Waals surface area contributed by atoms with Gasteiger partial charge in [0, 0.05) is 6.54 Å². The molecular formula is C15H23N3O3. The zero-order chi connectivity index (χ0) is 15.5. The van der Waals surface area contributed by atoms with Crippen LogP contribution in [0.25, 0.3) is 0 Å². The summed E-state index contributed by atoms with van der Waals surface area (Å²) >= 11 is 0. The number of hydrogen-bond donors (Lipinski definition) is 2. The topological polar surface area (TPSA) is 84.3 Å². The second-order valence-corrected chi connectivity index (χ2v) is 5.98. The molecule has 0 atom stereocenters. The summed E-state index contributed by atoms with van der Waals surface area (Å²) in [5, 5.41) is 12.8. The lowest BCUT2D eigenvalue weighted by Gasteiger charge is -2.36. The van der Waals surface area contributed by atoms with Crippen LogP contribution in [0.15, 0.2) is 6.33 Å². The Labute approximate surface area is 124 Å². The van der Waals surface area contributed by atoms with Gasteiger partial charge in [-0.2, -0.15) is 0 Å². The molecule has 21 heavy (non-hydrogen) atoms. The number of nitrogens with one attached hydrogen (secondary N) is 1. The van der Waals surface area contributed by atoms with E-state index < -0.39 is 11.4 Å². The van der Waals surface area contributed by atoms with E-state index in [0.717, 1.165) is 18.4 Å². The second kappa shape index (κ2) is 6.28. The first-order chi connectivity index (χ1) is 9.98. The van der Waals surface area contributed by atoms with Crippen LogP contribution in [0.3, 0.4) is 0 Å². The molecular weight excluding hydrogens is 270 g/mol. The van der Waals surface area contributed by atoms with Gasteiger partial charge in [0.2, 0.25) is 5.88 Å². The number of carboxylic acid groups (broad SMARTS) is 1. The van der Waals surface area contributed by atoms with E-state index in [4.69, 9.17) is 4.74 Å². The van der Waals surface area contributed by atoms with Crippen LogP contribution in [0.2, 0.25) is 0 Å². The molecule has 0 unspecified atom stereocenters. The van der Waals surface area contributed by atoms with Crippen molar-refractivity contribution in [3.8, 4) is 5.88 Å². The van der Waals surface area contributed by atoms with E-state index in [0.29, 0.717) is 37.0 Å². The molecule has 116 valence electrons. The summed E-state index contributed by atoms with van der Waals surface area (Å²) in [5.74, 6) is 1.04. The summed E-state index contributed by atoms with van der Waals surface area (Å²) in [6.07, 6.45) is 4.75. The van der Waals surface area contributed by atoms with Crippen LogP contribution in [0, 0.1) is 18.3 Å². The van der Waals surface area contributed by atoms with E-state index in [1.54, 1.807) is 7.11 Å². The van der Waals surface area contributed by atoms with Crippen LogP contribution < -0.4 is 10.1 Å². The van der Waals surface area contributed by atoms with Crippen molar-refractivity contribution in [3.05, 3.63) is 11.9 Å². The summed E-state index contributed by atoms with van der Waals surface area (Å²) < 4.78 is 5.16. The number of aliphatic carboxylic acids is 1. The zero-order valence-corrected chi connectivity index (χ0v) is 12.8. The van der Waals surface area contributed by atoms with E-state index in [-0.39, 0.29) is 0 Å². The normalized spacial score (nSPS) is 25.4. The molecule has 1 aliphatic rings. The average Bonchev–Trinajstić information content (AvgIpc) is 2.48. The van der Waals surface area contributed by atoms with E-state index >= 15 is 0 Å².